The molecule has 3 aromatic rings. The van der Waals surface area contributed by atoms with Crippen molar-refractivity contribution in [2.24, 2.45) is 0 Å². The van der Waals surface area contributed by atoms with Crippen molar-refractivity contribution in [2.75, 3.05) is 13.1 Å². The molecule has 1 saturated heterocycles. The standard InChI is InChI=1S/C18H16N2O2S/c21-17(15-6-5-13-3-1-2-4-14(13)11-15)20-9-7-16(12-20)22-18-19-8-10-23-18/h1-6,8,10-11,16H,7,9,12H2. The van der Waals surface area contributed by atoms with Gasteiger partial charge in [-0.05, 0) is 22.9 Å². The lowest BCUT2D eigenvalue weighted by atomic mass is 10.1. The maximum atomic E-state index is 12.7. The molecule has 0 saturated carbocycles. The van der Waals surface area contributed by atoms with E-state index in [9.17, 15) is 4.79 Å². The zero-order valence-corrected chi connectivity index (χ0v) is 13.3. The summed E-state index contributed by atoms with van der Waals surface area (Å²) in [4.78, 5) is 18.7. The van der Waals surface area contributed by atoms with E-state index in [1.54, 1.807) is 6.20 Å². The number of amides is 1. The van der Waals surface area contributed by atoms with Gasteiger partial charge in [0.25, 0.3) is 11.1 Å². The summed E-state index contributed by atoms with van der Waals surface area (Å²) in [7, 11) is 0. The van der Waals surface area contributed by atoms with E-state index in [1.807, 2.05) is 46.7 Å². The van der Waals surface area contributed by atoms with Crippen LogP contribution in [-0.4, -0.2) is 35.0 Å². The molecule has 0 N–H and O–H groups in total. The molecule has 23 heavy (non-hydrogen) atoms. The molecule has 0 aliphatic carbocycles. The van der Waals surface area contributed by atoms with Crippen LogP contribution >= 0.6 is 11.3 Å². The Kier molecular flexibility index (Phi) is 3.71. The third-order valence-electron chi connectivity index (χ3n) is 4.11. The fourth-order valence-corrected chi connectivity index (χ4v) is 3.48. The summed E-state index contributed by atoms with van der Waals surface area (Å²) in [5.74, 6) is 0.0704. The van der Waals surface area contributed by atoms with Crippen molar-refractivity contribution in [3.63, 3.8) is 0 Å². The van der Waals surface area contributed by atoms with Crippen molar-refractivity contribution in [2.45, 2.75) is 12.5 Å². The predicted molar refractivity (Wildman–Crippen MR) is 91.0 cm³/mol. The minimum absolute atomic E-state index is 0.0329. The van der Waals surface area contributed by atoms with Gasteiger partial charge in [0.05, 0.1) is 6.54 Å². The molecule has 1 aliphatic rings. The largest absolute Gasteiger partial charge is 0.465 e. The summed E-state index contributed by atoms with van der Waals surface area (Å²) in [5.41, 5.74) is 0.735. The molecule has 2 heterocycles. The van der Waals surface area contributed by atoms with Crippen molar-refractivity contribution in [1.29, 1.82) is 0 Å². The van der Waals surface area contributed by atoms with E-state index in [0.717, 1.165) is 29.3 Å². The van der Waals surface area contributed by atoms with Crippen LogP contribution in [0.1, 0.15) is 16.8 Å². The Morgan fingerprint density at radius 2 is 2.09 bits per heavy atom. The average molecular weight is 324 g/mol. The van der Waals surface area contributed by atoms with E-state index in [1.165, 1.54) is 11.3 Å². The van der Waals surface area contributed by atoms with Crippen molar-refractivity contribution < 1.29 is 9.53 Å². The van der Waals surface area contributed by atoms with E-state index in [0.29, 0.717) is 11.7 Å². The van der Waals surface area contributed by atoms with Crippen LogP contribution in [0.5, 0.6) is 5.19 Å². The molecule has 4 rings (SSSR count). The van der Waals surface area contributed by atoms with Crippen LogP contribution in [0, 0.1) is 0 Å². The average Bonchev–Trinajstić information content (AvgIpc) is 3.26. The van der Waals surface area contributed by atoms with Gasteiger partial charge in [-0.1, -0.05) is 41.7 Å². The molecule has 1 atom stereocenters. The molecule has 1 fully saturated rings. The normalized spacial score (nSPS) is 17.6. The van der Waals surface area contributed by atoms with Crippen LogP contribution in [0.15, 0.2) is 54.0 Å². The molecule has 2 aromatic carbocycles. The zero-order chi connectivity index (χ0) is 15.6. The molecule has 1 aromatic heterocycles. The first-order valence-corrected chi connectivity index (χ1v) is 8.52. The van der Waals surface area contributed by atoms with Gasteiger partial charge >= 0.3 is 0 Å². The first-order chi connectivity index (χ1) is 11.3. The second-order valence-electron chi connectivity index (χ2n) is 5.64. The summed E-state index contributed by atoms with van der Waals surface area (Å²) in [5, 5.41) is 4.81. The topological polar surface area (TPSA) is 42.4 Å². The van der Waals surface area contributed by atoms with Crippen LogP contribution < -0.4 is 4.74 Å². The second-order valence-corrected chi connectivity index (χ2v) is 6.50. The monoisotopic (exact) mass is 324 g/mol. The quantitative estimate of drug-likeness (QED) is 0.739. The summed E-state index contributed by atoms with van der Waals surface area (Å²) in [6.45, 7) is 1.34. The van der Waals surface area contributed by atoms with Crippen molar-refractivity contribution >= 4 is 28.0 Å². The number of carbonyl (C=O) groups excluding carboxylic acids is 1. The number of hydrogen-bond donors (Lipinski definition) is 0. The first-order valence-electron chi connectivity index (χ1n) is 7.64. The van der Waals surface area contributed by atoms with Crippen LogP contribution in [0.25, 0.3) is 10.8 Å². The van der Waals surface area contributed by atoms with Crippen molar-refractivity contribution in [3.05, 3.63) is 59.6 Å². The maximum absolute atomic E-state index is 12.7. The highest BCUT2D eigenvalue weighted by Crippen LogP contribution is 2.22. The maximum Gasteiger partial charge on any atom is 0.273 e. The number of ether oxygens (including phenoxy) is 1. The Morgan fingerprint density at radius 1 is 1.22 bits per heavy atom. The van der Waals surface area contributed by atoms with E-state index in [4.69, 9.17) is 4.74 Å². The Morgan fingerprint density at radius 3 is 2.91 bits per heavy atom. The Balaban J connectivity index is 1.48. The number of fused-ring (bicyclic) bond motifs is 1. The smallest absolute Gasteiger partial charge is 0.273 e. The van der Waals surface area contributed by atoms with Crippen LogP contribution in [0.2, 0.25) is 0 Å². The van der Waals surface area contributed by atoms with Gasteiger partial charge in [-0.2, -0.15) is 0 Å². The van der Waals surface area contributed by atoms with Crippen LogP contribution in [-0.2, 0) is 0 Å². The van der Waals surface area contributed by atoms with Gasteiger partial charge in [-0.25, -0.2) is 4.98 Å². The Hall–Kier alpha value is -2.40. The van der Waals surface area contributed by atoms with Crippen LogP contribution in [0.3, 0.4) is 0 Å². The van der Waals surface area contributed by atoms with E-state index in [2.05, 4.69) is 11.1 Å². The van der Waals surface area contributed by atoms with Gasteiger partial charge in [0, 0.05) is 30.1 Å². The van der Waals surface area contributed by atoms with Crippen molar-refractivity contribution in [1.82, 2.24) is 9.88 Å². The van der Waals surface area contributed by atoms with Crippen molar-refractivity contribution in [3.8, 4) is 5.19 Å². The number of likely N-dealkylation sites (tertiary alicyclic amines) is 1. The zero-order valence-electron chi connectivity index (χ0n) is 12.5. The molecule has 0 radical (unpaired) electrons. The molecule has 4 nitrogen and oxygen atoms in total. The molecule has 1 amide bonds. The number of thiazole rings is 1. The highest BCUT2D eigenvalue weighted by atomic mass is 32.1. The molecule has 0 bridgehead atoms. The number of rotatable bonds is 3. The van der Waals surface area contributed by atoms with Gasteiger partial charge in [0.2, 0.25) is 0 Å². The highest BCUT2D eigenvalue weighted by Gasteiger charge is 2.28. The molecule has 1 aliphatic heterocycles. The fraction of sp³-hybridized carbons (Fsp3) is 0.222. The van der Waals surface area contributed by atoms with Gasteiger partial charge in [0.1, 0.15) is 6.10 Å². The third-order valence-corrected chi connectivity index (χ3v) is 4.77. The minimum atomic E-state index is 0.0329. The Bertz CT molecular complexity index is 832. The van der Waals surface area contributed by atoms with Crippen LogP contribution in [0.4, 0.5) is 0 Å². The fourth-order valence-electron chi connectivity index (χ4n) is 2.92. The lowest BCUT2D eigenvalue weighted by Gasteiger charge is -2.17. The molecular formula is C18H16N2O2S. The third kappa shape index (κ3) is 2.92. The van der Waals surface area contributed by atoms with Gasteiger partial charge in [-0.3, -0.25) is 4.79 Å². The number of benzene rings is 2. The molecule has 116 valence electrons. The Labute approximate surface area is 138 Å². The highest BCUT2D eigenvalue weighted by molar-refractivity contribution is 7.11. The molecular weight excluding hydrogens is 308 g/mol. The van der Waals surface area contributed by atoms with E-state index >= 15 is 0 Å². The summed E-state index contributed by atoms with van der Waals surface area (Å²) >= 11 is 1.48. The minimum Gasteiger partial charge on any atom is -0.465 e. The molecule has 0 spiro atoms. The lowest BCUT2D eigenvalue weighted by Crippen LogP contribution is -2.30. The number of carbonyl (C=O) groups is 1. The predicted octanol–water partition coefficient (Wildman–Crippen LogP) is 3.59. The number of hydrogen-bond acceptors (Lipinski definition) is 4. The number of aromatic nitrogens is 1. The second kappa shape index (κ2) is 6.01. The molecule has 5 heteroatoms. The van der Waals surface area contributed by atoms with E-state index < -0.39 is 0 Å². The summed E-state index contributed by atoms with van der Waals surface area (Å²) in [6.07, 6.45) is 2.61. The van der Waals surface area contributed by atoms with Gasteiger partial charge in [0.15, 0.2) is 0 Å². The summed E-state index contributed by atoms with van der Waals surface area (Å²) in [6, 6.07) is 13.9. The lowest BCUT2D eigenvalue weighted by molar-refractivity contribution is 0.0772. The number of nitrogens with zero attached hydrogens (tertiary/aromatic N) is 2. The summed E-state index contributed by atoms with van der Waals surface area (Å²) < 4.78 is 5.82. The van der Waals surface area contributed by atoms with Gasteiger partial charge < -0.3 is 9.64 Å². The van der Waals surface area contributed by atoms with Gasteiger partial charge in [-0.15, -0.1) is 0 Å². The molecule has 1 unspecified atom stereocenters. The first kappa shape index (κ1) is 14.2. The van der Waals surface area contributed by atoms with E-state index in [-0.39, 0.29) is 12.0 Å². The SMILES string of the molecule is O=C(c1ccc2ccccc2c1)N1CCC(Oc2nccs2)C1.